The molecule has 0 heterocycles. The number of anilines is 1. The molecule has 0 amide bonds. The van der Waals surface area contributed by atoms with E-state index in [0.29, 0.717) is 11.6 Å². The molecular formula is C14H13ClN2O2. The molecule has 19 heavy (non-hydrogen) atoms. The lowest BCUT2D eigenvalue weighted by Gasteiger charge is -2.09. The molecule has 0 bridgehead atoms. The molecule has 2 aromatic rings. The Balaban J connectivity index is 2.15. The summed E-state index contributed by atoms with van der Waals surface area (Å²) in [4.78, 5) is 10.3. The first-order valence-corrected chi connectivity index (χ1v) is 6.17. The van der Waals surface area contributed by atoms with Gasteiger partial charge in [-0.1, -0.05) is 29.8 Å². The van der Waals surface area contributed by atoms with E-state index in [-0.39, 0.29) is 5.69 Å². The van der Waals surface area contributed by atoms with E-state index in [1.54, 1.807) is 12.1 Å². The van der Waals surface area contributed by atoms with Gasteiger partial charge >= 0.3 is 0 Å². The number of aryl methyl sites for hydroxylation is 1. The number of nitro benzene ring substituents is 1. The van der Waals surface area contributed by atoms with Crippen LogP contribution in [0.1, 0.15) is 11.1 Å². The Bertz CT molecular complexity index is 614. The number of rotatable bonds is 4. The fourth-order valence-electron chi connectivity index (χ4n) is 1.76. The zero-order valence-corrected chi connectivity index (χ0v) is 11.1. The van der Waals surface area contributed by atoms with Gasteiger partial charge in [0.05, 0.1) is 4.92 Å². The Labute approximate surface area is 116 Å². The molecule has 0 atom stereocenters. The monoisotopic (exact) mass is 276 g/mol. The second-order valence-electron chi connectivity index (χ2n) is 4.24. The summed E-state index contributed by atoms with van der Waals surface area (Å²) < 4.78 is 0. The quantitative estimate of drug-likeness (QED) is 0.673. The van der Waals surface area contributed by atoms with Crippen molar-refractivity contribution in [2.45, 2.75) is 13.5 Å². The van der Waals surface area contributed by atoms with Gasteiger partial charge in [-0.05, 0) is 30.2 Å². The highest BCUT2D eigenvalue weighted by Crippen LogP contribution is 2.22. The third kappa shape index (κ3) is 3.45. The molecule has 5 heteroatoms. The minimum absolute atomic E-state index is 0.0826. The second kappa shape index (κ2) is 5.71. The van der Waals surface area contributed by atoms with Crippen LogP contribution in [0.15, 0.2) is 42.5 Å². The van der Waals surface area contributed by atoms with Crippen LogP contribution in [0.3, 0.4) is 0 Å². The SMILES string of the molecule is Cc1ccc([N+](=O)[O-])cc1NCc1cccc(Cl)c1. The van der Waals surface area contributed by atoms with Crippen molar-refractivity contribution >= 4 is 23.0 Å². The number of nitrogens with one attached hydrogen (secondary N) is 1. The number of halogens is 1. The Morgan fingerprint density at radius 3 is 2.74 bits per heavy atom. The van der Waals surface area contributed by atoms with Gasteiger partial charge < -0.3 is 5.32 Å². The van der Waals surface area contributed by atoms with Crippen LogP contribution in [0.2, 0.25) is 5.02 Å². The first-order chi connectivity index (χ1) is 9.06. The fraction of sp³-hybridized carbons (Fsp3) is 0.143. The van der Waals surface area contributed by atoms with Crippen molar-refractivity contribution in [2.24, 2.45) is 0 Å². The second-order valence-corrected chi connectivity index (χ2v) is 4.68. The minimum atomic E-state index is -0.399. The Morgan fingerprint density at radius 1 is 1.26 bits per heavy atom. The predicted molar refractivity (Wildman–Crippen MR) is 76.6 cm³/mol. The molecule has 0 aliphatic heterocycles. The summed E-state index contributed by atoms with van der Waals surface area (Å²) in [5.74, 6) is 0. The maximum atomic E-state index is 10.7. The summed E-state index contributed by atoms with van der Waals surface area (Å²) >= 11 is 5.91. The number of benzene rings is 2. The Morgan fingerprint density at radius 2 is 2.05 bits per heavy atom. The molecule has 0 spiro atoms. The van der Waals surface area contributed by atoms with E-state index < -0.39 is 4.92 Å². The van der Waals surface area contributed by atoms with Crippen LogP contribution in [-0.2, 0) is 6.54 Å². The highest BCUT2D eigenvalue weighted by Gasteiger charge is 2.08. The molecule has 2 rings (SSSR count). The number of hydrogen-bond acceptors (Lipinski definition) is 3. The molecule has 0 saturated carbocycles. The van der Waals surface area contributed by atoms with Crippen LogP contribution < -0.4 is 5.32 Å². The lowest BCUT2D eigenvalue weighted by molar-refractivity contribution is -0.384. The van der Waals surface area contributed by atoms with Gasteiger partial charge in [0, 0.05) is 29.4 Å². The number of hydrogen-bond donors (Lipinski definition) is 1. The Hall–Kier alpha value is -2.07. The molecule has 98 valence electrons. The van der Waals surface area contributed by atoms with Gasteiger partial charge in [0.15, 0.2) is 0 Å². The van der Waals surface area contributed by atoms with Gasteiger partial charge in [0.2, 0.25) is 0 Å². The van der Waals surface area contributed by atoms with Crippen LogP contribution in [0.25, 0.3) is 0 Å². The molecule has 4 nitrogen and oxygen atoms in total. The van der Waals surface area contributed by atoms with Crippen LogP contribution in [0.4, 0.5) is 11.4 Å². The summed E-state index contributed by atoms with van der Waals surface area (Å²) in [6.45, 7) is 2.48. The van der Waals surface area contributed by atoms with E-state index in [0.717, 1.165) is 16.8 Å². The molecule has 0 fully saturated rings. The molecule has 0 aliphatic carbocycles. The van der Waals surface area contributed by atoms with Crippen molar-refractivity contribution in [2.75, 3.05) is 5.32 Å². The maximum absolute atomic E-state index is 10.7. The van der Waals surface area contributed by atoms with E-state index in [9.17, 15) is 10.1 Å². The summed E-state index contributed by atoms with van der Waals surface area (Å²) in [6.07, 6.45) is 0. The molecule has 0 aromatic heterocycles. The van der Waals surface area contributed by atoms with Crippen molar-refractivity contribution in [1.29, 1.82) is 0 Å². The van der Waals surface area contributed by atoms with Gasteiger partial charge in [-0.3, -0.25) is 10.1 Å². The first kappa shape index (κ1) is 13.4. The number of nitrogens with zero attached hydrogens (tertiary/aromatic N) is 1. The number of non-ortho nitro benzene ring substituents is 1. The van der Waals surface area contributed by atoms with Crippen molar-refractivity contribution < 1.29 is 4.92 Å². The molecular weight excluding hydrogens is 264 g/mol. The highest BCUT2D eigenvalue weighted by atomic mass is 35.5. The average Bonchev–Trinajstić information content (AvgIpc) is 2.37. The first-order valence-electron chi connectivity index (χ1n) is 5.79. The molecule has 0 aliphatic rings. The van der Waals surface area contributed by atoms with Gasteiger partial charge in [-0.15, -0.1) is 0 Å². The minimum Gasteiger partial charge on any atom is -0.381 e. The summed E-state index contributed by atoms with van der Waals surface area (Å²) in [6, 6.07) is 12.3. The van der Waals surface area contributed by atoms with E-state index in [4.69, 9.17) is 11.6 Å². The smallest absolute Gasteiger partial charge is 0.271 e. The van der Waals surface area contributed by atoms with E-state index in [2.05, 4.69) is 5.32 Å². The van der Waals surface area contributed by atoms with Crippen LogP contribution in [0, 0.1) is 17.0 Å². The van der Waals surface area contributed by atoms with Crippen molar-refractivity contribution in [3.8, 4) is 0 Å². The van der Waals surface area contributed by atoms with Crippen LogP contribution >= 0.6 is 11.6 Å². The predicted octanol–water partition coefficient (Wildman–Crippen LogP) is 4.17. The molecule has 0 unspecified atom stereocenters. The highest BCUT2D eigenvalue weighted by molar-refractivity contribution is 6.30. The molecule has 0 radical (unpaired) electrons. The van der Waals surface area contributed by atoms with Crippen LogP contribution in [0.5, 0.6) is 0 Å². The molecule has 1 N–H and O–H groups in total. The van der Waals surface area contributed by atoms with Gasteiger partial charge in [-0.25, -0.2) is 0 Å². The summed E-state index contributed by atoms with van der Waals surface area (Å²) in [5, 5.41) is 14.6. The topological polar surface area (TPSA) is 55.2 Å². The van der Waals surface area contributed by atoms with Gasteiger partial charge in [-0.2, -0.15) is 0 Å². The zero-order chi connectivity index (χ0) is 13.8. The average molecular weight is 277 g/mol. The van der Waals surface area contributed by atoms with E-state index >= 15 is 0 Å². The van der Waals surface area contributed by atoms with Gasteiger partial charge in [0.1, 0.15) is 0 Å². The lowest BCUT2D eigenvalue weighted by Crippen LogP contribution is -2.01. The third-order valence-corrected chi connectivity index (χ3v) is 3.04. The normalized spacial score (nSPS) is 10.2. The largest absolute Gasteiger partial charge is 0.381 e. The zero-order valence-electron chi connectivity index (χ0n) is 10.4. The Kier molecular flexibility index (Phi) is 4.02. The lowest BCUT2D eigenvalue weighted by atomic mass is 10.1. The summed E-state index contributed by atoms with van der Waals surface area (Å²) in [5.41, 5.74) is 2.83. The summed E-state index contributed by atoms with van der Waals surface area (Å²) in [7, 11) is 0. The number of nitro groups is 1. The third-order valence-electron chi connectivity index (χ3n) is 2.80. The van der Waals surface area contributed by atoms with Crippen LogP contribution in [-0.4, -0.2) is 4.92 Å². The fourth-order valence-corrected chi connectivity index (χ4v) is 1.97. The molecule has 2 aromatic carbocycles. The standard InChI is InChI=1S/C14H13ClN2O2/c1-10-5-6-13(17(18)19)8-14(10)16-9-11-3-2-4-12(15)7-11/h2-8,16H,9H2,1H3. The van der Waals surface area contributed by atoms with Crippen molar-refractivity contribution in [3.05, 3.63) is 68.7 Å². The van der Waals surface area contributed by atoms with Gasteiger partial charge in [0.25, 0.3) is 5.69 Å². The van der Waals surface area contributed by atoms with E-state index in [1.165, 1.54) is 6.07 Å². The maximum Gasteiger partial charge on any atom is 0.271 e. The van der Waals surface area contributed by atoms with Crippen molar-refractivity contribution in [1.82, 2.24) is 0 Å². The van der Waals surface area contributed by atoms with E-state index in [1.807, 2.05) is 31.2 Å². The molecule has 0 saturated heterocycles. The van der Waals surface area contributed by atoms with Crippen molar-refractivity contribution in [3.63, 3.8) is 0 Å².